The highest BCUT2D eigenvalue weighted by Gasteiger charge is 2.22. The van der Waals surface area contributed by atoms with E-state index >= 15 is 0 Å². The molecule has 2 atom stereocenters. The first-order valence-corrected chi connectivity index (χ1v) is 5.95. The number of methoxy groups -OCH3 is 1. The van der Waals surface area contributed by atoms with E-state index in [1.165, 1.54) is 0 Å². The van der Waals surface area contributed by atoms with E-state index in [4.69, 9.17) is 4.74 Å². The minimum atomic E-state index is -0.190. The number of hydrogen-bond acceptors (Lipinski definition) is 4. The van der Waals surface area contributed by atoms with Crippen LogP contribution in [-0.2, 0) is 0 Å². The fourth-order valence-electron chi connectivity index (χ4n) is 2.21. The summed E-state index contributed by atoms with van der Waals surface area (Å²) >= 11 is 0. The third-order valence-corrected chi connectivity index (χ3v) is 3.21. The molecular formula is C13H20N2O2. The van der Waals surface area contributed by atoms with Crippen LogP contribution in [0.4, 0.5) is 5.69 Å². The Hall–Kier alpha value is -1.26. The predicted molar refractivity (Wildman–Crippen MR) is 68.7 cm³/mol. The molecule has 1 fully saturated rings. The van der Waals surface area contributed by atoms with Crippen molar-refractivity contribution in [1.82, 2.24) is 5.32 Å². The number of nitrogens with one attached hydrogen (secondary N) is 1. The standard InChI is InChI=1S/C13H20N2O2/c1-15(9-10-7-12(16)8-14-10)11-3-5-13(17-2)6-4-11/h3-6,10,12,14,16H,7-9H2,1-2H3. The quantitative estimate of drug-likeness (QED) is 0.813. The highest BCUT2D eigenvalue weighted by molar-refractivity contribution is 5.48. The summed E-state index contributed by atoms with van der Waals surface area (Å²) in [4.78, 5) is 2.19. The highest BCUT2D eigenvalue weighted by atomic mass is 16.5. The van der Waals surface area contributed by atoms with Gasteiger partial charge in [-0.05, 0) is 30.7 Å². The monoisotopic (exact) mass is 236 g/mol. The molecule has 0 spiro atoms. The van der Waals surface area contributed by atoms with Crippen molar-refractivity contribution >= 4 is 5.69 Å². The summed E-state index contributed by atoms with van der Waals surface area (Å²) in [6.45, 7) is 1.62. The van der Waals surface area contributed by atoms with Crippen molar-refractivity contribution in [3.63, 3.8) is 0 Å². The number of β-amino-alcohol motifs (C(OH)–C–C–N with tert-alkyl or cyclic N) is 1. The van der Waals surface area contributed by atoms with E-state index in [1.807, 2.05) is 24.3 Å². The first-order chi connectivity index (χ1) is 8.19. The zero-order valence-corrected chi connectivity index (χ0v) is 10.4. The lowest BCUT2D eigenvalue weighted by atomic mass is 10.2. The first-order valence-electron chi connectivity index (χ1n) is 5.95. The zero-order valence-electron chi connectivity index (χ0n) is 10.4. The van der Waals surface area contributed by atoms with Crippen LogP contribution >= 0.6 is 0 Å². The highest BCUT2D eigenvalue weighted by Crippen LogP contribution is 2.19. The van der Waals surface area contributed by atoms with Crippen molar-refractivity contribution in [2.24, 2.45) is 0 Å². The Morgan fingerprint density at radius 1 is 1.41 bits per heavy atom. The average molecular weight is 236 g/mol. The molecule has 0 radical (unpaired) electrons. The van der Waals surface area contributed by atoms with Gasteiger partial charge in [0.2, 0.25) is 0 Å². The van der Waals surface area contributed by atoms with Crippen LogP contribution in [0.3, 0.4) is 0 Å². The van der Waals surface area contributed by atoms with Gasteiger partial charge in [0.05, 0.1) is 13.2 Å². The Kier molecular flexibility index (Phi) is 3.86. The lowest BCUT2D eigenvalue weighted by Crippen LogP contribution is -2.35. The number of aliphatic hydroxyl groups is 1. The molecule has 94 valence electrons. The van der Waals surface area contributed by atoms with Crippen molar-refractivity contribution in [3.05, 3.63) is 24.3 Å². The van der Waals surface area contributed by atoms with E-state index in [0.717, 1.165) is 24.4 Å². The van der Waals surface area contributed by atoms with Gasteiger partial charge in [0, 0.05) is 31.9 Å². The molecule has 2 rings (SSSR count). The van der Waals surface area contributed by atoms with E-state index in [2.05, 4.69) is 17.3 Å². The Bertz CT molecular complexity index is 353. The van der Waals surface area contributed by atoms with Crippen LogP contribution in [0.2, 0.25) is 0 Å². The summed E-state index contributed by atoms with van der Waals surface area (Å²) < 4.78 is 5.13. The molecule has 1 aromatic rings. The van der Waals surface area contributed by atoms with E-state index < -0.39 is 0 Å². The molecule has 4 heteroatoms. The summed E-state index contributed by atoms with van der Waals surface area (Å²) in [5.41, 5.74) is 1.16. The molecule has 1 saturated heterocycles. The summed E-state index contributed by atoms with van der Waals surface area (Å²) in [6, 6.07) is 8.39. The van der Waals surface area contributed by atoms with Gasteiger partial charge in [-0.3, -0.25) is 0 Å². The number of likely N-dealkylation sites (N-methyl/N-ethyl adjacent to an activating group) is 1. The summed E-state index contributed by atoms with van der Waals surface area (Å²) in [6.07, 6.45) is 0.643. The largest absolute Gasteiger partial charge is 0.497 e. The molecule has 0 aromatic heterocycles. The second-order valence-electron chi connectivity index (χ2n) is 4.57. The number of hydrogen-bond donors (Lipinski definition) is 2. The average Bonchev–Trinajstić information content (AvgIpc) is 2.75. The summed E-state index contributed by atoms with van der Waals surface area (Å²) in [7, 11) is 3.73. The summed E-state index contributed by atoms with van der Waals surface area (Å²) in [5.74, 6) is 0.872. The third kappa shape index (κ3) is 3.11. The van der Waals surface area contributed by atoms with Crippen LogP contribution in [0.25, 0.3) is 0 Å². The Morgan fingerprint density at radius 2 is 2.12 bits per heavy atom. The van der Waals surface area contributed by atoms with Crippen LogP contribution in [0.15, 0.2) is 24.3 Å². The zero-order chi connectivity index (χ0) is 12.3. The van der Waals surface area contributed by atoms with Crippen LogP contribution in [0, 0.1) is 0 Å². The lowest BCUT2D eigenvalue weighted by Gasteiger charge is -2.23. The molecule has 1 aliphatic heterocycles. The molecule has 0 aliphatic carbocycles. The molecule has 17 heavy (non-hydrogen) atoms. The molecule has 0 saturated carbocycles. The molecule has 0 amide bonds. The molecule has 0 bridgehead atoms. The van der Waals surface area contributed by atoms with E-state index in [1.54, 1.807) is 7.11 Å². The van der Waals surface area contributed by atoms with Crippen molar-refractivity contribution in [2.75, 3.05) is 32.1 Å². The molecule has 2 unspecified atom stereocenters. The first kappa shape index (κ1) is 12.2. The predicted octanol–water partition coefficient (Wildman–Crippen LogP) is 0.854. The normalized spacial score (nSPS) is 23.7. The fraction of sp³-hybridized carbons (Fsp3) is 0.538. The Balaban J connectivity index is 1.92. The van der Waals surface area contributed by atoms with Gasteiger partial charge in [-0.25, -0.2) is 0 Å². The molecular weight excluding hydrogens is 216 g/mol. The maximum Gasteiger partial charge on any atom is 0.119 e. The van der Waals surface area contributed by atoms with Crippen LogP contribution in [-0.4, -0.2) is 44.5 Å². The SMILES string of the molecule is COc1ccc(N(C)CC2CC(O)CN2)cc1. The van der Waals surface area contributed by atoms with E-state index in [9.17, 15) is 5.11 Å². The van der Waals surface area contributed by atoms with Crippen molar-refractivity contribution in [2.45, 2.75) is 18.6 Å². The Morgan fingerprint density at radius 3 is 2.65 bits per heavy atom. The van der Waals surface area contributed by atoms with Gasteiger partial charge in [0.15, 0.2) is 0 Å². The van der Waals surface area contributed by atoms with Crippen molar-refractivity contribution in [1.29, 1.82) is 0 Å². The lowest BCUT2D eigenvalue weighted by molar-refractivity contribution is 0.193. The smallest absolute Gasteiger partial charge is 0.119 e. The maximum atomic E-state index is 9.45. The van der Waals surface area contributed by atoms with Crippen LogP contribution in [0.1, 0.15) is 6.42 Å². The Labute approximate surface area is 102 Å². The van der Waals surface area contributed by atoms with Gasteiger partial charge >= 0.3 is 0 Å². The second-order valence-corrected chi connectivity index (χ2v) is 4.57. The van der Waals surface area contributed by atoms with Gasteiger partial charge in [-0.2, -0.15) is 0 Å². The minimum Gasteiger partial charge on any atom is -0.497 e. The fourth-order valence-corrected chi connectivity index (χ4v) is 2.21. The number of anilines is 1. The summed E-state index contributed by atoms with van der Waals surface area (Å²) in [5, 5.41) is 12.8. The van der Waals surface area contributed by atoms with Crippen molar-refractivity contribution < 1.29 is 9.84 Å². The third-order valence-electron chi connectivity index (χ3n) is 3.21. The molecule has 4 nitrogen and oxygen atoms in total. The van der Waals surface area contributed by atoms with Gasteiger partial charge < -0.3 is 20.1 Å². The van der Waals surface area contributed by atoms with Gasteiger partial charge in [0.1, 0.15) is 5.75 Å². The number of ether oxygens (including phenoxy) is 1. The van der Waals surface area contributed by atoms with Crippen LogP contribution < -0.4 is 15.0 Å². The number of nitrogens with zero attached hydrogens (tertiary/aromatic N) is 1. The van der Waals surface area contributed by atoms with Gasteiger partial charge in [-0.1, -0.05) is 0 Å². The molecule has 1 aliphatic rings. The topological polar surface area (TPSA) is 44.7 Å². The van der Waals surface area contributed by atoms with Gasteiger partial charge in [-0.15, -0.1) is 0 Å². The number of rotatable bonds is 4. The van der Waals surface area contributed by atoms with E-state index in [0.29, 0.717) is 12.6 Å². The van der Waals surface area contributed by atoms with E-state index in [-0.39, 0.29) is 6.10 Å². The van der Waals surface area contributed by atoms with Crippen molar-refractivity contribution in [3.8, 4) is 5.75 Å². The minimum absolute atomic E-state index is 0.190. The van der Waals surface area contributed by atoms with Gasteiger partial charge in [0.25, 0.3) is 0 Å². The molecule has 1 aromatic carbocycles. The maximum absolute atomic E-state index is 9.45. The molecule has 1 heterocycles. The number of aliphatic hydroxyl groups excluding tert-OH is 1. The second kappa shape index (κ2) is 5.38. The molecule has 2 N–H and O–H groups in total. The van der Waals surface area contributed by atoms with Crippen LogP contribution in [0.5, 0.6) is 5.75 Å². The number of benzene rings is 1.